The summed E-state index contributed by atoms with van der Waals surface area (Å²) in [4.78, 5) is 8.22. The maximum atomic E-state index is 4.18. The Morgan fingerprint density at radius 3 is 2.67 bits per heavy atom. The molecular formula is CH2N2NaO2. The van der Waals surface area contributed by atoms with Crippen molar-refractivity contribution in [3.05, 3.63) is 0 Å². The van der Waals surface area contributed by atoms with Gasteiger partial charge in [0.25, 0.3) is 0 Å². The minimum atomic E-state index is 0. The van der Waals surface area contributed by atoms with Gasteiger partial charge in [0.05, 0.1) is 0 Å². The van der Waals surface area contributed by atoms with Crippen LogP contribution in [0.4, 0.5) is 0 Å². The van der Waals surface area contributed by atoms with Gasteiger partial charge in [-0.25, -0.2) is 0 Å². The van der Waals surface area contributed by atoms with Crippen LogP contribution in [0.15, 0.2) is 5.16 Å². The van der Waals surface area contributed by atoms with Crippen LogP contribution in [0.3, 0.4) is 0 Å². The van der Waals surface area contributed by atoms with Gasteiger partial charge in [-0.2, -0.15) is 0 Å². The zero-order valence-corrected chi connectivity index (χ0v) is 5.34. The maximum absolute atomic E-state index is 4.18. The summed E-state index contributed by atoms with van der Waals surface area (Å²) in [5.41, 5.74) is 2.00. The molecule has 0 amide bonds. The van der Waals surface area contributed by atoms with Crippen LogP contribution in [-0.2, 0) is 9.78 Å². The van der Waals surface area contributed by atoms with E-state index in [4.69, 9.17) is 0 Å². The summed E-state index contributed by atoms with van der Waals surface area (Å²) in [5, 5.41) is 3.12. The van der Waals surface area contributed by atoms with E-state index in [2.05, 4.69) is 14.9 Å². The molecule has 1 radical (unpaired) electrons. The van der Waals surface area contributed by atoms with E-state index in [1.54, 1.807) is 0 Å². The maximum Gasteiger partial charge on any atom is 0.244 e. The number of nitrogens with zero attached hydrogens (tertiary/aromatic N) is 1. The Morgan fingerprint density at radius 1 is 1.67 bits per heavy atom. The van der Waals surface area contributed by atoms with E-state index in [1.165, 1.54) is 0 Å². The van der Waals surface area contributed by atoms with E-state index in [1.807, 2.05) is 5.64 Å². The molecule has 0 aromatic carbocycles. The van der Waals surface area contributed by atoms with Gasteiger partial charge in [-0.05, 0) is 5.16 Å². The quantitative estimate of drug-likeness (QED) is 0.395. The van der Waals surface area contributed by atoms with Crippen LogP contribution in [0, 0.1) is 0 Å². The summed E-state index contributed by atoms with van der Waals surface area (Å²) >= 11 is 0. The second-order valence-corrected chi connectivity index (χ2v) is 0.503. The average Bonchev–Trinajstić information content (AvgIpc) is 1.76. The SMILES string of the molecule is C1=NONO1.[Na]. The molecule has 1 rings (SSSR count). The summed E-state index contributed by atoms with van der Waals surface area (Å²) in [5.74, 6) is 0. The normalized spacial score (nSPS) is 14.7. The summed E-state index contributed by atoms with van der Waals surface area (Å²) in [7, 11) is 0. The van der Waals surface area contributed by atoms with Crippen molar-refractivity contribution in [3.8, 4) is 0 Å². The molecule has 0 aromatic rings. The Morgan fingerprint density at radius 2 is 2.50 bits per heavy atom. The molecule has 0 unspecified atom stereocenters. The molecule has 0 aliphatic carbocycles. The number of hydrogen-bond donors (Lipinski definition) is 1. The third-order valence-corrected chi connectivity index (χ3v) is 0.234. The van der Waals surface area contributed by atoms with Gasteiger partial charge in [-0.15, -0.1) is 0 Å². The first-order valence-electron chi connectivity index (χ1n) is 1.08. The largest absolute Gasteiger partial charge is 0.356 e. The molecule has 1 heterocycles. The Hall–Kier alpha value is 0.230. The summed E-state index contributed by atoms with van der Waals surface area (Å²) in [6.07, 6.45) is 1.15. The predicted molar refractivity (Wildman–Crippen MR) is 19.6 cm³/mol. The number of oxime groups is 1. The molecule has 0 atom stereocenters. The third kappa shape index (κ3) is 1.61. The molecule has 0 fully saturated rings. The average molecular weight is 97.0 g/mol. The molecule has 6 heavy (non-hydrogen) atoms. The van der Waals surface area contributed by atoms with Crippen LogP contribution in [0.25, 0.3) is 0 Å². The zero-order valence-electron chi connectivity index (χ0n) is 3.34. The minimum absolute atomic E-state index is 0. The van der Waals surface area contributed by atoms with Crippen molar-refractivity contribution in [1.82, 2.24) is 5.64 Å². The second kappa shape index (κ2) is 3.42. The van der Waals surface area contributed by atoms with Gasteiger partial charge in [0, 0.05) is 35.2 Å². The fourth-order valence-corrected chi connectivity index (χ4v) is 0.108. The van der Waals surface area contributed by atoms with Gasteiger partial charge in [0.15, 0.2) is 0 Å². The van der Waals surface area contributed by atoms with Gasteiger partial charge in [-0.1, -0.05) is 0 Å². The molecule has 0 saturated heterocycles. The monoisotopic (exact) mass is 97.0 g/mol. The first kappa shape index (κ1) is 6.23. The molecule has 0 spiro atoms. The van der Waals surface area contributed by atoms with E-state index in [9.17, 15) is 0 Å². The first-order valence-corrected chi connectivity index (χ1v) is 1.08. The van der Waals surface area contributed by atoms with Crippen molar-refractivity contribution >= 4 is 36.0 Å². The Labute approximate surface area is 56.7 Å². The van der Waals surface area contributed by atoms with Crippen molar-refractivity contribution in [2.24, 2.45) is 5.16 Å². The van der Waals surface area contributed by atoms with Crippen LogP contribution in [-0.4, -0.2) is 36.0 Å². The number of nitrogens with one attached hydrogen (secondary N) is 1. The van der Waals surface area contributed by atoms with Gasteiger partial charge in [0.1, 0.15) is 0 Å². The summed E-state index contributed by atoms with van der Waals surface area (Å²) in [6, 6.07) is 0. The van der Waals surface area contributed by atoms with Gasteiger partial charge in [0.2, 0.25) is 6.40 Å². The molecule has 1 aliphatic heterocycles. The van der Waals surface area contributed by atoms with E-state index >= 15 is 0 Å². The molecule has 1 N–H and O–H groups in total. The molecule has 0 aromatic heterocycles. The summed E-state index contributed by atoms with van der Waals surface area (Å²) < 4.78 is 0. The van der Waals surface area contributed by atoms with Gasteiger partial charge < -0.3 is 4.84 Å². The fourth-order valence-electron chi connectivity index (χ4n) is 0.108. The van der Waals surface area contributed by atoms with Gasteiger partial charge >= 0.3 is 0 Å². The van der Waals surface area contributed by atoms with Crippen molar-refractivity contribution in [2.75, 3.05) is 0 Å². The first-order chi connectivity index (χ1) is 2.50. The van der Waals surface area contributed by atoms with Crippen LogP contribution >= 0.6 is 0 Å². The molecule has 4 nitrogen and oxygen atoms in total. The second-order valence-electron chi connectivity index (χ2n) is 0.503. The Balaban J connectivity index is 0.000000250. The molecule has 5 heteroatoms. The molecule has 1 aliphatic rings. The zero-order chi connectivity index (χ0) is 3.54. The molecule has 0 bridgehead atoms. The van der Waals surface area contributed by atoms with Crippen molar-refractivity contribution < 1.29 is 9.78 Å². The van der Waals surface area contributed by atoms with Crippen molar-refractivity contribution in [2.45, 2.75) is 0 Å². The topological polar surface area (TPSA) is 42.8 Å². The van der Waals surface area contributed by atoms with E-state index < -0.39 is 0 Å². The van der Waals surface area contributed by atoms with Crippen LogP contribution < -0.4 is 5.64 Å². The third-order valence-electron chi connectivity index (χ3n) is 0.234. The number of rotatable bonds is 0. The Bertz CT molecular complexity index is 49.5. The van der Waals surface area contributed by atoms with E-state index in [0.717, 1.165) is 6.40 Å². The van der Waals surface area contributed by atoms with E-state index in [-0.39, 0.29) is 29.6 Å². The number of hydrogen-bond acceptors (Lipinski definition) is 4. The smallest absolute Gasteiger partial charge is 0.244 e. The van der Waals surface area contributed by atoms with Crippen LogP contribution in [0.2, 0.25) is 0 Å². The standard InChI is InChI=1S/CH2N2O2.Na/c1-2-5-3-4-1;/h1,3H;. The molecular weight excluding hydrogens is 95.0 g/mol. The molecule has 29 valence electrons. The Kier molecular flexibility index (Phi) is 3.55. The molecule has 0 saturated carbocycles. The van der Waals surface area contributed by atoms with Crippen LogP contribution in [0.5, 0.6) is 0 Å². The summed E-state index contributed by atoms with van der Waals surface area (Å²) in [6.45, 7) is 0. The van der Waals surface area contributed by atoms with Crippen LogP contribution in [0.1, 0.15) is 0 Å². The van der Waals surface area contributed by atoms with E-state index in [0.29, 0.717) is 0 Å². The predicted octanol–water partition coefficient (Wildman–Crippen LogP) is -0.985. The van der Waals surface area contributed by atoms with Crippen molar-refractivity contribution in [1.29, 1.82) is 0 Å². The van der Waals surface area contributed by atoms with Gasteiger partial charge in [-0.3, -0.25) is 4.94 Å². The van der Waals surface area contributed by atoms with Crippen molar-refractivity contribution in [3.63, 3.8) is 0 Å². The fraction of sp³-hybridized carbons (Fsp3) is 0. The minimum Gasteiger partial charge on any atom is -0.356 e.